The average molecular weight is 249 g/mol. The minimum absolute atomic E-state index is 0.232. The van der Waals surface area contributed by atoms with E-state index in [2.05, 4.69) is 36.5 Å². The summed E-state index contributed by atoms with van der Waals surface area (Å²) >= 11 is 0. The van der Waals surface area contributed by atoms with Crippen LogP contribution < -0.4 is 5.32 Å². The van der Waals surface area contributed by atoms with Crippen molar-refractivity contribution in [2.75, 3.05) is 18.5 Å². The van der Waals surface area contributed by atoms with E-state index in [-0.39, 0.29) is 6.04 Å². The molecule has 0 amide bonds. The van der Waals surface area contributed by atoms with Crippen molar-refractivity contribution in [2.45, 2.75) is 45.4 Å². The van der Waals surface area contributed by atoms with Crippen molar-refractivity contribution in [3.05, 3.63) is 29.8 Å². The largest absolute Gasteiger partial charge is 0.377 e. The Morgan fingerprint density at radius 3 is 2.56 bits per heavy atom. The van der Waals surface area contributed by atoms with Crippen LogP contribution in [-0.4, -0.2) is 25.0 Å². The summed E-state index contributed by atoms with van der Waals surface area (Å²) in [5.41, 5.74) is 2.57. The first-order valence-corrected chi connectivity index (χ1v) is 6.73. The third-order valence-electron chi connectivity index (χ3n) is 3.16. The van der Waals surface area contributed by atoms with Gasteiger partial charge in [-0.2, -0.15) is 0 Å². The van der Waals surface area contributed by atoms with Crippen LogP contribution in [0.2, 0.25) is 0 Å². The molecule has 0 bridgehead atoms. The minimum atomic E-state index is -0.443. The number of nitrogens with one attached hydrogen (secondary N) is 1. The lowest BCUT2D eigenvalue weighted by atomic mass is 10.1. The van der Waals surface area contributed by atoms with E-state index >= 15 is 0 Å². The molecule has 0 spiro atoms. The molecule has 0 unspecified atom stereocenters. The van der Waals surface area contributed by atoms with Crippen LogP contribution >= 0.6 is 0 Å². The maximum atomic E-state index is 5.67. The summed E-state index contributed by atoms with van der Waals surface area (Å²) in [6, 6.07) is 8.70. The Balaban J connectivity index is 1.97. The molecule has 0 aliphatic carbocycles. The first-order valence-electron chi connectivity index (χ1n) is 6.73. The van der Waals surface area contributed by atoms with Crippen LogP contribution in [0.15, 0.2) is 24.3 Å². The maximum absolute atomic E-state index is 5.67. The number of hydrogen-bond donors (Lipinski definition) is 1. The van der Waals surface area contributed by atoms with Crippen molar-refractivity contribution < 1.29 is 9.47 Å². The molecule has 0 radical (unpaired) electrons. The molecule has 1 aliphatic rings. The van der Waals surface area contributed by atoms with Gasteiger partial charge >= 0.3 is 0 Å². The van der Waals surface area contributed by atoms with Gasteiger partial charge in [-0.15, -0.1) is 0 Å². The SMILES string of the molecule is CCCc1ccccc1NC1COC(C)(C)OC1. The highest BCUT2D eigenvalue weighted by atomic mass is 16.7. The molecule has 100 valence electrons. The molecule has 2 rings (SSSR count). The first-order chi connectivity index (χ1) is 8.61. The van der Waals surface area contributed by atoms with Crippen LogP contribution in [0.1, 0.15) is 32.8 Å². The number of para-hydroxylation sites is 1. The van der Waals surface area contributed by atoms with Crippen molar-refractivity contribution in [1.82, 2.24) is 0 Å². The Morgan fingerprint density at radius 1 is 1.22 bits per heavy atom. The van der Waals surface area contributed by atoms with Crippen LogP contribution in [0.3, 0.4) is 0 Å². The number of benzene rings is 1. The number of ether oxygens (including phenoxy) is 2. The molecular formula is C15H23NO2. The monoisotopic (exact) mass is 249 g/mol. The van der Waals surface area contributed by atoms with E-state index in [0.29, 0.717) is 13.2 Å². The van der Waals surface area contributed by atoms with Gasteiger partial charge in [0.15, 0.2) is 5.79 Å². The maximum Gasteiger partial charge on any atom is 0.162 e. The Morgan fingerprint density at radius 2 is 1.89 bits per heavy atom. The number of hydrogen-bond acceptors (Lipinski definition) is 3. The van der Waals surface area contributed by atoms with E-state index in [1.807, 2.05) is 13.8 Å². The number of rotatable bonds is 4. The molecule has 1 N–H and O–H groups in total. The zero-order valence-electron chi connectivity index (χ0n) is 11.5. The van der Waals surface area contributed by atoms with Crippen LogP contribution in [0, 0.1) is 0 Å². The van der Waals surface area contributed by atoms with Crippen molar-refractivity contribution in [3.8, 4) is 0 Å². The predicted molar refractivity (Wildman–Crippen MR) is 73.8 cm³/mol. The highest BCUT2D eigenvalue weighted by Gasteiger charge is 2.28. The van der Waals surface area contributed by atoms with E-state index in [4.69, 9.17) is 9.47 Å². The smallest absolute Gasteiger partial charge is 0.162 e. The molecule has 18 heavy (non-hydrogen) atoms. The van der Waals surface area contributed by atoms with Crippen molar-refractivity contribution >= 4 is 5.69 Å². The van der Waals surface area contributed by atoms with Gasteiger partial charge in [-0.3, -0.25) is 0 Å². The predicted octanol–water partition coefficient (Wildman–Crippen LogP) is 3.20. The lowest BCUT2D eigenvalue weighted by molar-refractivity contribution is -0.247. The average Bonchev–Trinajstić information content (AvgIpc) is 2.35. The molecule has 1 fully saturated rings. The third kappa shape index (κ3) is 3.47. The molecule has 3 nitrogen and oxygen atoms in total. The molecule has 1 aromatic carbocycles. The van der Waals surface area contributed by atoms with Gasteiger partial charge in [-0.25, -0.2) is 0 Å². The fraction of sp³-hybridized carbons (Fsp3) is 0.600. The van der Waals surface area contributed by atoms with Crippen molar-refractivity contribution in [2.24, 2.45) is 0 Å². The Kier molecular flexibility index (Phi) is 4.25. The van der Waals surface area contributed by atoms with Gasteiger partial charge in [-0.05, 0) is 31.9 Å². The van der Waals surface area contributed by atoms with Crippen LogP contribution in [0.25, 0.3) is 0 Å². The Labute approximate surface area is 109 Å². The summed E-state index contributed by atoms with van der Waals surface area (Å²) in [6.45, 7) is 7.48. The van der Waals surface area contributed by atoms with Gasteiger partial charge in [0.2, 0.25) is 0 Å². The lowest BCUT2D eigenvalue weighted by Crippen LogP contribution is -2.45. The van der Waals surface area contributed by atoms with Gasteiger partial charge in [0, 0.05) is 5.69 Å². The molecule has 3 heteroatoms. The first kappa shape index (κ1) is 13.4. The molecular weight excluding hydrogens is 226 g/mol. The highest BCUT2D eigenvalue weighted by Crippen LogP contribution is 2.22. The second-order valence-corrected chi connectivity index (χ2v) is 5.27. The van der Waals surface area contributed by atoms with Crippen LogP contribution in [0.4, 0.5) is 5.69 Å². The summed E-state index contributed by atoms with van der Waals surface area (Å²) in [4.78, 5) is 0. The quantitative estimate of drug-likeness (QED) is 0.889. The van der Waals surface area contributed by atoms with Gasteiger partial charge in [0.05, 0.1) is 19.3 Å². The van der Waals surface area contributed by atoms with Crippen LogP contribution in [0.5, 0.6) is 0 Å². The Bertz CT molecular complexity index is 380. The molecule has 0 saturated carbocycles. The third-order valence-corrected chi connectivity index (χ3v) is 3.16. The van der Waals surface area contributed by atoms with Crippen molar-refractivity contribution in [1.29, 1.82) is 0 Å². The second-order valence-electron chi connectivity index (χ2n) is 5.27. The number of aryl methyl sites for hydroxylation is 1. The minimum Gasteiger partial charge on any atom is -0.377 e. The van der Waals surface area contributed by atoms with Crippen LogP contribution in [-0.2, 0) is 15.9 Å². The van der Waals surface area contributed by atoms with E-state index in [9.17, 15) is 0 Å². The van der Waals surface area contributed by atoms with Gasteiger partial charge in [-0.1, -0.05) is 31.5 Å². The topological polar surface area (TPSA) is 30.5 Å². The Hall–Kier alpha value is -1.06. The van der Waals surface area contributed by atoms with E-state index < -0.39 is 5.79 Å². The fourth-order valence-electron chi connectivity index (χ4n) is 2.14. The number of anilines is 1. The lowest BCUT2D eigenvalue weighted by Gasteiger charge is -2.35. The zero-order chi connectivity index (χ0) is 13.0. The summed E-state index contributed by atoms with van der Waals surface area (Å²) in [6.07, 6.45) is 2.26. The van der Waals surface area contributed by atoms with Crippen molar-refractivity contribution in [3.63, 3.8) is 0 Å². The molecule has 0 aromatic heterocycles. The molecule has 0 atom stereocenters. The summed E-state index contributed by atoms with van der Waals surface area (Å²) in [5, 5.41) is 3.52. The summed E-state index contributed by atoms with van der Waals surface area (Å²) in [5.74, 6) is -0.443. The molecule has 1 aromatic rings. The highest BCUT2D eigenvalue weighted by molar-refractivity contribution is 5.52. The normalized spacial score (nSPS) is 19.7. The van der Waals surface area contributed by atoms with E-state index in [0.717, 1.165) is 12.8 Å². The van der Waals surface area contributed by atoms with E-state index in [1.165, 1.54) is 11.3 Å². The molecule has 1 heterocycles. The van der Waals surface area contributed by atoms with Gasteiger partial charge in [0.25, 0.3) is 0 Å². The molecule has 1 aliphatic heterocycles. The molecule has 1 saturated heterocycles. The van der Waals surface area contributed by atoms with Gasteiger partial charge in [0.1, 0.15) is 0 Å². The fourth-order valence-corrected chi connectivity index (χ4v) is 2.14. The van der Waals surface area contributed by atoms with Gasteiger partial charge < -0.3 is 14.8 Å². The summed E-state index contributed by atoms with van der Waals surface area (Å²) < 4.78 is 11.3. The standard InChI is InChI=1S/C15H23NO2/c1-4-7-12-8-5-6-9-14(12)16-13-10-17-15(2,3)18-11-13/h5-6,8-9,13,16H,4,7,10-11H2,1-3H3. The van der Waals surface area contributed by atoms with E-state index in [1.54, 1.807) is 0 Å². The zero-order valence-corrected chi connectivity index (χ0v) is 11.5. The summed E-state index contributed by atoms with van der Waals surface area (Å²) in [7, 11) is 0. The second kappa shape index (κ2) is 5.72.